The number of anilines is 1. The number of aliphatic imine (C=N–C) groups is 1. The van der Waals surface area contributed by atoms with Crippen LogP contribution in [0, 0.1) is 5.41 Å². The summed E-state index contributed by atoms with van der Waals surface area (Å²) in [6, 6.07) is 2.17. The van der Waals surface area contributed by atoms with Crippen LogP contribution >= 0.6 is 0 Å². The van der Waals surface area contributed by atoms with Gasteiger partial charge >= 0.3 is 0 Å². The molecule has 0 radical (unpaired) electrons. The number of allylic oxidation sites excluding steroid dienone is 2. The maximum Gasteiger partial charge on any atom is 0.272 e. The quantitative estimate of drug-likeness (QED) is 0.551. The first kappa shape index (κ1) is 23.5. The lowest BCUT2D eigenvalue weighted by Crippen LogP contribution is -2.32. The molecule has 0 saturated heterocycles. The lowest BCUT2D eigenvalue weighted by atomic mass is 9.72. The molecular weight excluding hydrogens is 450 g/mol. The van der Waals surface area contributed by atoms with E-state index in [0.29, 0.717) is 16.9 Å². The molecule has 1 N–H and O–H groups in total. The van der Waals surface area contributed by atoms with Crippen LogP contribution in [0.4, 0.5) is 14.7 Å². The van der Waals surface area contributed by atoms with E-state index in [1.54, 1.807) is 4.52 Å². The van der Waals surface area contributed by atoms with Gasteiger partial charge in [0.1, 0.15) is 11.4 Å². The van der Waals surface area contributed by atoms with E-state index < -0.39 is 13.0 Å². The normalized spacial score (nSPS) is 24.2. The van der Waals surface area contributed by atoms with Crippen LogP contribution in [0.25, 0.3) is 11.1 Å². The minimum atomic E-state index is -2.60. The van der Waals surface area contributed by atoms with Gasteiger partial charge in [-0.25, -0.2) is 18.3 Å². The Balaban J connectivity index is 1.45. The summed E-state index contributed by atoms with van der Waals surface area (Å²) in [5.74, 6) is 1.42. The van der Waals surface area contributed by atoms with Crippen molar-refractivity contribution >= 4 is 22.9 Å². The van der Waals surface area contributed by atoms with E-state index in [4.69, 9.17) is 4.74 Å². The number of hydrogen-bond acceptors (Lipinski definition) is 6. The summed E-state index contributed by atoms with van der Waals surface area (Å²) < 4.78 is 33.3. The summed E-state index contributed by atoms with van der Waals surface area (Å²) >= 11 is 0. The second-order valence-corrected chi connectivity index (χ2v) is 10.1. The van der Waals surface area contributed by atoms with Crippen molar-refractivity contribution in [1.29, 1.82) is 0 Å². The highest BCUT2D eigenvalue weighted by Crippen LogP contribution is 2.39. The van der Waals surface area contributed by atoms with Crippen molar-refractivity contribution in [3.05, 3.63) is 48.0 Å². The Kier molecular flexibility index (Phi) is 6.34. The van der Waals surface area contributed by atoms with Gasteiger partial charge in [0.15, 0.2) is 6.61 Å². The highest BCUT2D eigenvalue weighted by Gasteiger charge is 2.30. The van der Waals surface area contributed by atoms with Crippen LogP contribution in [0.1, 0.15) is 58.4 Å². The van der Waals surface area contributed by atoms with E-state index in [1.165, 1.54) is 6.42 Å². The van der Waals surface area contributed by atoms with Gasteiger partial charge in [0, 0.05) is 42.3 Å². The summed E-state index contributed by atoms with van der Waals surface area (Å²) in [6.07, 6.45) is 12.5. The summed E-state index contributed by atoms with van der Waals surface area (Å²) in [6.45, 7) is 6.64. The predicted octanol–water partition coefficient (Wildman–Crippen LogP) is 5.67. The van der Waals surface area contributed by atoms with Crippen molar-refractivity contribution in [2.24, 2.45) is 10.4 Å². The molecule has 5 rings (SSSR count). The number of rotatable bonds is 7. The van der Waals surface area contributed by atoms with E-state index in [1.807, 2.05) is 43.7 Å². The molecule has 0 aromatic carbocycles. The Bertz CT molecular complexity index is 1220. The Morgan fingerprint density at radius 2 is 2.06 bits per heavy atom. The molecule has 0 spiro atoms. The zero-order valence-corrected chi connectivity index (χ0v) is 20.5. The molecule has 35 heavy (non-hydrogen) atoms. The van der Waals surface area contributed by atoms with Crippen molar-refractivity contribution in [2.75, 3.05) is 18.5 Å². The van der Waals surface area contributed by atoms with E-state index >= 15 is 0 Å². The van der Waals surface area contributed by atoms with Gasteiger partial charge in [-0.05, 0) is 61.8 Å². The molecule has 0 bridgehead atoms. The molecule has 2 aliphatic heterocycles. The number of nitrogens with zero attached hydrogens (tertiary/aromatic N) is 5. The van der Waals surface area contributed by atoms with Crippen molar-refractivity contribution < 1.29 is 13.5 Å². The molecule has 3 aliphatic rings. The highest BCUT2D eigenvalue weighted by molar-refractivity contribution is 6.02. The molecule has 0 unspecified atom stereocenters. The SMILES string of the molecule is CCC1(C)CCC(Nc2nc(OCC(F)F)c3c(C4=CN5CC(C)=CN=C5C=C4)ccn3n2)CC1. The fraction of sp³-hybridized carbons (Fsp3) is 0.500. The first-order chi connectivity index (χ1) is 16.8. The molecule has 1 fully saturated rings. The van der Waals surface area contributed by atoms with Crippen molar-refractivity contribution in [3.8, 4) is 5.88 Å². The van der Waals surface area contributed by atoms with E-state index in [-0.39, 0.29) is 11.9 Å². The average molecular weight is 483 g/mol. The summed E-state index contributed by atoms with van der Waals surface area (Å²) in [4.78, 5) is 11.1. The van der Waals surface area contributed by atoms with Crippen LogP contribution in [0.2, 0.25) is 0 Å². The molecule has 4 heterocycles. The fourth-order valence-corrected chi connectivity index (χ4v) is 4.95. The van der Waals surface area contributed by atoms with Crippen LogP contribution in [0.15, 0.2) is 47.4 Å². The van der Waals surface area contributed by atoms with Crippen LogP contribution in [0.5, 0.6) is 5.88 Å². The second kappa shape index (κ2) is 9.43. The number of fused-ring (bicyclic) bond motifs is 2. The largest absolute Gasteiger partial charge is 0.470 e. The third-order valence-corrected chi connectivity index (χ3v) is 7.35. The number of amidine groups is 1. The zero-order chi connectivity index (χ0) is 24.6. The maximum atomic E-state index is 13.1. The number of halogens is 2. The molecule has 2 aromatic heterocycles. The Morgan fingerprint density at radius 3 is 2.80 bits per heavy atom. The van der Waals surface area contributed by atoms with Gasteiger partial charge < -0.3 is 15.0 Å². The summed E-state index contributed by atoms with van der Waals surface area (Å²) in [5.41, 5.74) is 3.85. The minimum absolute atomic E-state index is 0.153. The van der Waals surface area contributed by atoms with Crippen LogP contribution < -0.4 is 10.1 Å². The molecule has 2 aromatic rings. The molecule has 9 heteroatoms. The van der Waals surface area contributed by atoms with Gasteiger partial charge in [-0.1, -0.05) is 20.3 Å². The molecule has 1 aliphatic carbocycles. The number of nitrogens with one attached hydrogen (secondary N) is 1. The van der Waals surface area contributed by atoms with Gasteiger partial charge in [0.05, 0.1) is 0 Å². The molecule has 1 saturated carbocycles. The first-order valence-corrected chi connectivity index (χ1v) is 12.3. The van der Waals surface area contributed by atoms with Crippen molar-refractivity contribution in [3.63, 3.8) is 0 Å². The van der Waals surface area contributed by atoms with Gasteiger partial charge in [-0.2, -0.15) is 4.98 Å². The van der Waals surface area contributed by atoms with Crippen molar-refractivity contribution in [2.45, 2.75) is 65.3 Å². The Labute approximate surface area is 204 Å². The lowest BCUT2D eigenvalue weighted by Gasteiger charge is -2.36. The van der Waals surface area contributed by atoms with Gasteiger partial charge in [0.2, 0.25) is 11.8 Å². The second-order valence-electron chi connectivity index (χ2n) is 10.1. The molecule has 0 amide bonds. The smallest absolute Gasteiger partial charge is 0.272 e. The molecular formula is C26H32F2N6O. The standard InChI is InChI=1S/C26H32F2N6O/c1-4-26(3)10-7-19(8-11-26)30-25-31-24(35-16-21(27)28)23-20(9-12-34(23)32-25)18-5-6-22-29-13-17(2)14-33(22)15-18/h5-6,9,12-13,15,19,21H,4,7-8,10-11,14,16H2,1-3H3,(H,30,32). The Morgan fingerprint density at radius 1 is 1.26 bits per heavy atom. The summed E-state index contributed by atoms with van der Waals surface area (Å²) in [7, 11) is 0. The number of ether oxygens (including phenoxy) is 1. The molecule has 186 valence electrons. The van der Waals surface area contributed by atoms with Gasteiger partial charge in [-0.15, -0.1) is 5.10 Å². The minimum Gasteiger partial charge on any atom is -0.470 e. The van der Waals surface area contributed by atoms with E-state index in [2.05, 4.69) is 39.1 Å². The monoisotopic (exact) mass is 482 g/mol. The van der Waals surface area contributed by atoms with Crippen LogP contribution in [0.3, 0.4) is 0 Å². The third-order valence-electron chi connectivity index (χ3n) is 7.35. The molecule has 7 nitrogen and oxygen atoms in total. The zero-order valence-electron chi connectivity index (χ0n) is 20.5. The fourth-order valence-electron chi connectivity index (χ4n) is 4.95. The number of alkyl halides is 2. The van der Waals surface area contributed by atoms with Crippen LogP contribution in [-0.4, -0.2) is 51.0 Å². The first-order valence-electron chi connectivity index (χ1n) is 12.3. The number of hydrogen-bond donors (Lipinski definition) is 1. The topological polar surface area (TPSA) is 67.1 Å². The lowest BCUT2D eigenvalue weighted by molar-refractivity contribution is 0.0801. The van der Waals surface area contributed by atoms with E-state index in [0.717, 1.165) is 54.8 Å². The highest BCUT2D eigenvalue weighted by atomic mass is 19.3. The molecule has 0 atom stereocenters. The number of aromatic nitrogens is 3. The van der Waals surface area contributed by atoms with Gasteiger partial charge in [0.25, 0.3) is 6.43 Å². The van der Waals surface area contributed by atoms with Crippen LogP contribution in [-0.2, 0) is 0 Å². The summed E-state index contributed by atoms with van der Waals surface area (Å²) in [5, 5.41) is 8.08. The predicted molar refractivity (Wildman–Crippen MR) is 134 cm³/mol. The third kappa shape index (κ3) is 4.94. The van der Waals surface area contributed by atoms with Crippen molar-refractivity contribution in [1.82, 2.24) is 19.5 Å². The maximum absolute atomic E-state index is 13.1. The Hall–Kier alpha value is -3.23. The average Bonchev–Trinajstić information content (AvgIpc) is 3.28. The van der Waals surface area contributed by atoms with Gasteiger partial charge in [-0.3, -0.25) is 0 Å². The van der Waals surface area contributed by atoms with E-state index in [9.17, 15) is 8.78 Å².